The number of morpholine rings is 1. The molecule has 0 bridgehead atoms. The van der Waals surface area contributed by atoms with E-state index in [4.69, 9.17) is 16.3 Å². The summed E-state index contributed by atoms with van der Waals surface area (Å²) in [5, 5.41) is 12.9. The molecule has 6 aromatic rings. The highest BCUT2D eigenvalue weighted by Gasteiger charge is 2.26. The van der Waals surface area contributed by atoms with E-state index in [0.717, 1.165) is 45.9 Å². The largest absolute Gasteiger partial charge is 0.381 e. The number of nitrogens with one attached hydrogen (secondary N) is 2. The Morgan fingerprint density at radius 2 is 1.84 bits per heavy atom. The van der Waals surface area contributed by atoms with Crippen LogP contribution in [0.15, 0.2) is 103 Å². The lowest BCUT2D eigenvalue weighted by molar-refractivity contribution is -0.0301. The zero-order chi connectivity index (χ0) is 29.9. The predicted molar refractivity (Wildman–Crippen MR) is 171 cm³/mol. The topological polar surface area (TPSA) is 101 Å². The van der Waals surface area contributed by atoms with Crippen molar-refractivity contribution in [3.63, 3.8) is 0 Å². The fraction of sp³-hybridized carbons (Fsp3) is 0.176. The molecule has 1 saturated heterocycles. The minimum atomic E-state index is -0.200. The lowest BCUT2D eigenvalue weighted by atomic mass is 10.1. The van der Waals surface area contributed by atoms with Crippen molar-refractivity contribution in [1.82, 2.24) is 29.9 Å². The Bertz CT molecular complexity index is 1900. The highest BCUT2D eigenvalue weighted by molar-refractivity contribution is 6.30. The smallest absolute Gasteiger partial charge is 0.254 e. The van der Waals surface area contributed by atoms with Crippen LogP contribution >= 0.6 is 11.6 Å². The van der Waals surface area contributed by atoms with Gasteiger partial charge in [0.1, 0.15) is 11.5 Å². The third-order valence-corrected chi connectivity index (χ3v) is 7.95. The molecule has 2 aromatic heterocycles. The van der Waals surface area contributed by atoms with Gasteiger partial charge in [-0.1, -0.05) is 59.3 Å². The average molecular weight is 604 g/mol. The average Bonchev–Trinajstić information content (AvgIpc) is 3.72. The minimum absolute atomic E-state index is 0.0399. The van der Waals surface area contributed by atoms with Crippen molar-refractivity contribution >= 4 is 34.2 Å². The number of nitrogens with zero attached hydrogens (tertiary/aromatic N) is 5. The maximum Gasteiger partial charge on any atom is 0.254 e. The Balaban J connectivity index is 0.992. The SMILES string of the molecule is O=C(c1ccc2nc(-c3ccc(Cl)cc3)[nH]c2c1)N1CCOC(Cn2cc(-c3cccc(NCc4ccccc4)c3)nn2)C1. The van der Waals surface area contributed by atoms with Gasteiger partial charge in [0.05, 0.1) is 36.5 Å². The van der Waals surface area contributed by atoms with Crippen molar-refractivity contribution in [1.29, 1.82) is 0 Å². The van der Waals surface area contributed by atoms with E-state index in [2.05, 4.69) is 43.8 Å². The van der Waals surface area contributed by atoms with Crippen molar-refractivity contribution in [3.05, 3.63) is 119 Å². The first-order chi connectivity index (χ1) is 21.6. The molecule has 10 heteroatoms. The summed E-state index contributed by atoms with van der Waals surface area (Å²) in [5.41, 5.74) is 7.12. The molecule has 2 N–H and O–H groups in total. The lowest BCUT2D eigenvalue weighted by Crippen LogP contribution is -2.47. The summed E-state index contributed by atoms with van der Waals surface area (Å²) in [6, 6.07) is 31.5. The van der Waals surface area contributed by atoms with Gasteiger partial charge in [0.15, 0.2) is 0 Å². The number of carbonyl (C=O) groups is 1. The standard InChI is InChI=1S/C34H30ClN7O2/c35-27-12-9-24(10-13-27)33-37-30-14-11-26(18-31(30)38-33)34(43)41-15-16-44-29(20-41)21-42-22-32(39-40-42)25-7-4-8-28(17-25)36-19-23-5-2-1-3-6-23/h1-14,17-18,22,29,36H,15-16,19-21H2,(H,37,38). The van der Waals surface area contributed by atoms with Crippen molar-refractivity contribution in [3.8, 4) is 22.6 Å². The molecular formula is C34H30ClN7O2. The van der Waals surface area contributed by atoms with E-state index in [1.165, 1.54) is 5.56 Å². The number of aromatic amines is 1. The molecular weight excluding hydrogens is 574 g/mol. The molecule has 4 aromatic carbocycles. The van der Waals surface area contributed by atoms with Crippen LogP contribution in [0.25, 0.3) is 33.7 Å². The van der Waals surface area contributed by atoms with Crippen LogP contribution in [-0.2, 0) is 17.8 Å². The summed E-state index contributed by atoms with van der Waals surface area (Å²) in [5.74, 6) is 0.692. The fourth-order valence-electron chi connectivity index (χ4n) is 5.40. The number of imidazole rings is 1. The Labute approximate surface area is 259 Å². The molecule has 1 unspecified atom stereocenters. The normalized spacial score (nSPS) is 15.0. The highest BCUT2D eigenvalue weighted by Crippen LogP contribution is 2.24. The number of ether oxygens (including phenoxy) is 1. The van der Waals surface area contributed by atoms with Crippen LogP contribution in [-0.4, -0.2) is 61.6 Å². The molecule has 1 aliphatic heterocycles. The van der Waals surface area contributed by atoms with E-state index in [9.17, 15) is 4.79 Å². The van der Waals surface area contributed by atoms with Crippen molar-refractivity contribution in [2.45, 2.75) is 19.2 Å². The maximum atomic E-state index is 13.5. The molecule has 7 rings (SSSR count). The Hall–Kier alpha value is -4.99. The number of anilines is 1. The summed E-state index contributed by atoms with van der Waals surface area (Å²) >= 11 is 6.03. The summed E-state index contributed by atoms with van der Waals surface area (Å²) in [4.78, 5) is 23.3. The van der Waals surface area contributed by atoms with Gasteiger partial charge in [0, 0.05) is 47.0 Å². The van der Waals surface area contributed by atoms with Crippen molar-refractivity contribution < 1.29 is 9.53 Å². The molecule has 44 heavy (non-hydrogen) atoms. The first kappa shape index (κ1) is 27.8. The molecule has 0 saturated carbocycles. The zero-order valence-corrected chi connectivity index (χ0v) is 24.6. The van der Waals surface area contributed by atoms with Crippen LogP contribution in [0.4, 0.5) is 5.69 Å². The van der Waals surface area contributed by atoms with Crippen LogP contribution in [0, 0.1) is 0 Å². The van der Waals surface area contributed by atoms with Crippen molar-refractivity contribution in [2.24, 2.45) is 0 Å². The van der Waals surface area contributed by atoms with E-state index in [-0.39, 0.29) is 12.0 Å². The maximum absolute atomic E-state index is 13.5. The molecule has 3 heterocycles. The summed E-state index contributed by atoms with van der Waals surface area (Å²) in [6.45, 7) is 2.68. The van der Waals surface area contributed by atoms with Gasteiger partial charge in [-0.05, 0) is 60.2 Å². The van der Waals surface area contributed by atoms with Crippen molar-refractivity contribution in [2.75, 3.05) is 25.0 Å². The van der Waals surface area contributed by atoms with E-state index in [1.807, 2.05) is 90.0 Å². The number of benzene rings is 4. The first-order valence-electron chi connectivity index (χ1n) is 14.5. The second-order valence-electron chi connectivity index (χ2n) is 10.8. The predicted octanol–water partition coefficient (Wildman–Crippen LogP) is 6.30. The summed E-state index contributed by atoms with van der Waals surface area (Å²) in [7, 11) is 0. The van der Waals surface area contributed by atoms with E-state index >= 15 is 0 Å². The number of hydrogen-bond donors (Lipinski definition) is 2. The molecule has 1 aliphatic rings. The lowest BCUT2D eigenvalue weighted by Gasteiger charge is -2.32. The number of aromatic nitrogens is 5. The molecule has 1 fully saturated rings. The number of amides is 1. The van der Waals surface area contributed by atoms with E-state index < -0.39 is 0 Å². The third kappa shape index (κ3) is 6.20. The number of carbonyl (C=O) groups excluding carboxylic acids is 1. The van der Waals surface area contributed by atoms with Crippen LogP contribution in [0.1, 0.15) is 15.9 Å². The fourth-order valence-corrected chi connectivity index (χ4v) is 5.53. The Kier molecular flexibility index (Phi) is 7.79. The summed E-state index contributed by atoms with van der Waals surface area (Å²) < 4.78 is 7.80. The second kappa shape index (κ2) is 12.3. The van der Waals surface area contributed by atoms with Crippen LogP contribution < -0.4 is 5.32 Å². The number of fused-ring (bicyclic) bond motifs is 1. The van der Waals surface area contributed by atoms with Gasteiger partial charge in [-0.3, -0.25) is 4.79 Å². The number of halogens is 1. The first-order valence-corrected chi connectivity index (χ1v) is 14.9. The van der Waals surface area contributed by atoms with Gasteiger partial charge >= 0.3 is 0 Å². The van der Waals surface area contributed by atoms with Gasteiger partial charge in [0.2, 0.25) is 0 Å². The van der Waals surface area contributed by atoms with E-state index in [1.54, 1.807) is 4.68 Å². The Morgan fingerprint density at radius 1 is 0.977 bits per heavy atom. The quantitative estimate of drug-likeness (QED) is 0.212. The zero-order valence-electron chi connectivity index (χ0n) is 23.9. The van der Waals surface area contributed by atoms with Crippen LogP contribution in [0.3, 0.4) is 0 Å². The van der Waals surface area contributed by atoms with Gasteiger partial charge in [-0.25, -0.2) is 9.67 Å². The minimum Gasteiger partial charge on any atom is -0.381 e. The third-order valence-electron chi connectivity index (χ3n) is 7.70. The Morgan fingerprint density at radius 3 is 2.70 bits per heavy atom. The van der Waals surface area contributed by atoms with Crippen LogP contribution in [0.5, 0.6) is 0 Å². The van der Waals surface area contributed by atoms with Gasteiger partial charge < -0.3 is 19.9 Å². The molecule has 0 aliphatic carbocycles. The molecule has 1 atom stereocenters. The highest BCUT2D eigenvalue weighted by atomic mass is 35.5. The summed E-state index contributed by atoms with van der Waals surface area (Å²) in [6.07, 6.45) is 1.72. The van der Waals surface area contributed by atoms with Crippen LogP contribution in [0.2, 0.25) is 5.02 Å². The van der Waals surface area contributed by atoms with Gasteiger partial charge in [-0.15, -0.1) is 5.10 Å². The molecule has 9 nitrogen and oxygen atoms in total. The number of rotatable bonds is 8. The van der Waals surface area contributed by atoms with E-state index in [0.29, 0.717) is 36.8 Å². The molecule has 1 amide bonds. The number of hydrogen-bond acceptors (Lipinski definition) is 6. The molecule has 0 spiro atoms. The monoisotopic (exact) mass is 603 g/mol. The van der Waals surface area contributed by atoms with Gasteiger partial charge in [0.25, 0.3) is 5.91 Å². The molecule has 220 valence electrons. The second-order valence-corrected chi connectivity index (χ2v) is 11.3. The van der Waals surface area contributed by atoms with Gasteiger partial charge in [-0.2, -0.15) is 0 Å². The molecule has 0 radical (unpaired) electrons. The number of H-pyrrole nitrogens is 1.